The Morgan fingerprint density at radius 2 is 2.05 bits per heavy atom. The molecule has 0 radical (unpaired) electrons. The van der Waals surface area contributed by atoms with Gasteiger partial charge in [-0.15, -0.1) is 0 Å². The second kappa shape index (κ2) is 5.35. The van der Waals surface area contributed by atoms with Crippen LogP contribution in [0.4, 0.5) is 14.9 Å². The number of carbonyl (C=O) groups excluding carboxylic acids is 1. The van der Waals surface area contributed by atoms with Gasteiger partial charge in [-0.3, -0.25) is 10.1 Å². The van der Waals surface area contributed by atoms with Crippen molar-refractivity contribution in [2.75, 3.05) is 5.32 Å². The molecule has 2 N–H and O–H groups in total. The molecule has 0 aliphatic heterocycles. The number of hydrogen-bond acceptors (Lipinski definition) is 3. The SMILES string of the molecule is CC(C)(C)OC(=O)Nc1ccc([C@@H]2C[C@H]2C(=O)O)c(F)c1. The average molecular weight is 295 g/mol. The maximum atomic E-state index is 14.0. The number of carboxylic acids is 1. The normalized spacial score (nSPS) is 20.8. The first-order valence-corrected chi connectivity index (χ1v) is 6.69. The van der Waals surface area contributed by atoms with E-state index in [9.17, 15) is 14.0 Å². The number of carbonyl (C=O) groups is 2. The maximum Gasteiger partial charge on any atom is 0.412 e. The van der Waals surface area contributed by atoms with Crippen molar-refractivity contribution in [3.8, 4) is 0 Å². The van der Waals surface area contributed by atoms with E-state index >= 15 is 0 Å². The number of amides is 1. The summed E-state index contributed by atoms with van der Waals surface area (Å²) in [7, 11) is 0. The third-order valence-electron chi connectivity index (χ3n) is 3.15. The van der Waals surface area contributed by atoms with E-state index in [-0.39, 0.29) is 11.6 Å². The standard InChI is InChI=1S/C15H18FNO4/c1-15(2,3)21-14(20)17-8-4-5-9(12(16)6-8)10-7-11(10)13(18)19/h4-6,10-11H,7H2,1-3H3,(H,17,20)(H,18,19)/t10-,11+/m0/s1. The molecule has 6 heteroatoms. The van der Waals surface area contributed by atoms with Crippen LogP contribution in [0.1, 0.15) is 38.7 Å². The minimum Gasteiger partial charge on any atom is -0.481 e. The minimum absolute atomic E-state index is 0.276. The van der Waals surface area contributed by atoms with Crippen molar-refractivity contribution >= 4 is 17.7 Å². The summed E-state index contributed by atoms with van der Waals surface area (Å²) in [4.78, 5) is 22.4. The lowest BCUT2D eigenvalue weighted by Gasteiger charge is -2.19. The summed E-state index contributed by atoms with van der Waals surface area (Å²) in [6.07, 6.45) is -0.213. The van der Waals surface area contributed by atoms with Gasteiger partial charge in [-0.1, -0.05) is 6.07 Å². The molecule has 0 saturated heterocycles. The zero-order chi connectivity index (χ0) is 15.8. The third-order valence-corrected chi connectivity index (χ3v) is 3.15. The van der Waals surface area contributed by atoms with Crippen LogP contribution in [0.2, 0.25) is 0 Å². The summed E-state index contributed by atoms with van der Waals surface area (Å²) in [5.74, 6) is -2.21. The predicted octanol–water partition coefficient (Wildman–Crippen LogP) is 3.36. The molecule has 0 bridgehead atoms. The minimum atomic E-state index is -0.907. The number of rotatable bonds is 3. The van der Waals surface area contributed by atoms with Crippen LogP contribution in [0.3, 0.4) is 0 Å². The van der Waals surface area contributed by atoms with E-state index in [0.29, 0.717) is 12.0 Å². The molecule has 2 atom stereocenters. The molecule has 1 aromatic rings. The topological polar surface area (TPSA) is 75.6 Å². The molecule has 1 saturated carbocycles. The Labute approximate surface area is 122 Å². The van der Waals surface area contributed by atoms with Crippen LogP contribution in [0.5, 0.6) is 0 Å². The molecular weight excluding hydrogens is 277 g/mol. The number of anilines is 1. The number of benzene rings is 1. The monoisotopic (exact) mass is 295 g/mol. The number of ether oxygens (including phenoxy) is 1. The van der Waals surface area contributed by atoms with Crippen molar-refractivity contribution < 1.29 is 23.8 Å². The average Bonchev–Trinajstić information content (AvgIpc) is 3.06. The van der Waals surface area contributed by atoms with Crippen molar-refractivity contribution in [3.63, 3.8) is 0 Å². The molecule has 0 heterocycles. The van der Waals surface area contributed by atoms with E-state index in [1.165, 1.54) is 12.1 Å². The van der Waals surface area contributed by atoms with Crippen LogP contribution >= 0.6 is 0 Å². The summed E-state index contributed by atoms with van der Waals surface area (Å²) >= 11 is 0. The highest BCUT2D eigenvalue weighted by atomic mass is 19.1. The highest BCUT2D eigenvalue weighted by Crippen LogP contribution is 2.48. The molecule has 5 nitrogen and oxygen atoms in total. The Bertz CT molecular complexity index is 580. The summed E-state index contributed by atoms with van der Waals surface area (Å²) in [5, 5.41) is 11.3. The Kier molecular flexibility index (Phi) is 3.89. The Balaban J connectivity index is 2.03. The lowest BCUT2D eigenvalue weighted by molar-refractivity contribution is -0.138. The molecule has 0 unspecified atom stereocenters. The van der Waals surface area contributed by atoms with Crippen molar-refractivity contribution in [3.05, 3.63) is 29.6 Å². The van der Waals surface area contributed by atoms with Gasteiger partial charge in [0.05, 0.1) is 5.92 Å². The van der Waals surface area contributed by atoms with Crippen LogP contribution in [-0.4, -0.2) is 22.8 Å². The zero-order valence-corrected chi connectivity index (χ0v) is 12.1. The summed E-state index contributed by atoms with van der Waals surface area (Å²) in [5.41, 5.74) is 0.0147. The first-order chi connectivity index (χ1) is 9.67. The molecule has 1 fully saturated rings. The van der Waals surface area contributed by atoms with Gasteiger partial charge >= 0.3 is 12.1 Å². The predicted molar refractivity (Wildman–Crippen MR) is 74.7 cm³/mol. The van der Waals surface area contributed by atoms with Gasteiger partial charge in [0, 0.05) is 11.6 Å². The second-order valence-electron chi connectivity index (χ2n) is 6.15. The largest absolute Gasteiger partial charge is 0.481 e. The molecule has 1 aromatic carbocycles. The van der Waals surface area contributed by atoms with Gasteiger partial charge < -0.3 is 9.84 Å². The first-order valence-electron chi connectivity index (χ1n) is 6.69. The number of nitrogens with one attached hydrogen (secondary N) is 1. The van der Waals surface area contributed by atoms with Crippen LogP contribution in [0.25, 0.3) is 0 Å². The third kappa shape index (κ3) is 3.93. The molecule has 0 spiro atoms. The van der Waals surface area contributed by atoms with Gasteiger partial charge in [0.2, 0.25) is 0 Å². The smallest absolute Gasteiger partial charge is 0.412 e. The van der Waals surface area contributed by atoms with Gasteiger partial charge in [-0.2, -0.15) is 0 Å². The molecule has 1 amide bonds. The Morgan fingerprint density at radius 3 is 2.52 bits per heavy atom. The highest BCUT2D eigenvalue weighted by molar-refractivity contribution is 5.85. The fourth-order valence-electron chi connectivity index (χ4n) is 2.14. The summed E-state index contributed by atoms with van der Waals surface area (Å²) in [6, 6.07) is 4.23. The van der Waals surface area contributed by atoms with E-state index in [2.05, 4.69) is 5.32 Å². The van der Waals surface area contributed by atoms with Gasteiger partial charge in [0.15, 0.2) is 0 Å². The number of carboxylic acid groups (broad SMARTS) is 1. The van der Waals surface area contributed by atoms with Crippen molar-refractivity contribution in [1.29, 1.82) is 0 Å². The fourth-order valence-corrected chi connectivity index (χ4v) is 2.14. The molecule has 2 rings (SSSR count). The fraction of sp³-hybridized carbons (Fsp3) is 0.467. The maximum absolute atomic E-state index is 14.0. The van der Waals surface area contributed by atoms with Gasteiger partial charge in [0.25, 0.3) is 0 Å². The van der Waals surface area contributed by atoms with E-state index in [4.69, 9.17) is 9.84 Å². The van der Waals surface area contributed by atoms with E-state index < -0.39 is 29.4 Å². The number of hydrogen-bond donors (Lipinski definition) is 2. The zero-order valence-electron chi connectivity index (χ0n) is 12.1. The quantitative estimate of drug-likeness (QED) is 0.896. The van der Waals surface area contributed by atoms with Crippen LogP contribution < -0.4 is 5.32 Å². The van der Waals surface area contributed by atoms with Crippen molar-refractivity contribution in [2.24, 2.45) is 5.92 Å². The van der Waals surface area contributed by atoms with E-state index in [1.54, 1.807) is 26.8 Å². The highest BCUT2D eigenvalue weighted by Gasteiger charge is 2.45. The molecule has 1 aliphatic carbocycles. The molecule has 114 valence electrons. The summed E-state index contributed by atoms with van der Waals surface area (Å²) < 4.78 is 19.1. The Hall–Kier alpha value is -2.11. The van der Waals surface area contributed by atoms with E-state index in [1.807, 2.05) is 0 Å². The molecule has 0 aromatic heterocycles. The number of halogens is 1. The first kappa shape index (κ1) is 15.3. The van der Waals surface area contributed by atoms with Crippen molar-refractivity contribution in [1.82, 2.24) is 0 Å². The number of aliphatic carboxylic acids is 1. The van der Waals surface area contributed by atoms with Crippen LogP contribution in [-0.2, 0) is 9.53 Å². The summed E-state index contributed by atoms with van der Waals surface area (Å²) in [6.45, 7) is 5.19. The lowest BCUT2D eigenvalue weighted by Crippen LogP contribution is -2.27. The Morgan fingerprint density at radius 1 is 1.38 bits per heavy atom. The lowest BCUT2D eigenvalue weighted by atomic mass is 10.1. The van der Waals surface area contributed by atoms with Gasteiger partial charge in [-0.25, -0.2) is 9.18 Å². The molecule has 1 aliphatic rings. The molecular formula is C15H18FNO4. The second-order valence-corrected chi connectivity index (χ2v) is 6.15. The van der Waals surface area contributed by atoms with Gasteiger partial charge in [-0.05, 0) is 44.9 Å². The molecule has 21 heavy (non-hydrogen) atoms. The van der Waals surface area contributed by atoms with Crippen LogP contribution in [0, 0.1) is 11.7 Å². The van der Waals surface area contributed by atoms with Crippen LogP contribution in [0.15, 0.2) is 18.2 Å². The van der Waals surface area contributed by atoms with E-state index in [0.717, 1.165) is 0 Å². The van der Waals surface area contributed by atoms with Crippen molar-refractivity contribution in [2.45, 2.75) is 38.7 Å². The van der Waals surface area contributed by atoms with Gasteiger partial charge in [0.1, 0.15) is 11.4 Å².